The molecule has 1 spiro atoms. The van der Waals surface area contributed by atoms with Crippen LogP contribution in [-0.2, 0) is 5.41 Å². The number of para-hydroxylation sites is 2. The number of fused-ring (bicyclic) bond motifs is 12. The third-order valence-electron chi connectivity index (χ3n) is 11.8. The van der Waals surface area contributed by atoms with Crippen LogP contribution in [0, 0.1) is 0 Å². The summed E-state index contributed by atoms with van der Waals surface area (Å²) >= 11 is 0. The summed E-state index contributed by atoms with van der Waals surface area (Å²) in [5, 5.41) is 2.23. The fourth-order valence-electron chi connectivity index (χ4n) is 9.22. The molecular weight excluding hydrogens is 697 g/mol. The summed E-state index contributed by atoms with van der Waals surface area (Å²) in [6, 6.07) is 68.3. The first kappa shape index (κ1) is 31.8. The van der Waals surface area contributed by atoms with Gasteiger partial charge in [-0.15, -0.1) is 0 Å². The second-order valence-electron chi connectivity index (χ2n) is 14.9. The zero-order valence-corrected chi connectivity index (χ0v) is 30.7. The molecule has 266 valence electrons. The van der Waals surface area contributed by atoms with Gasteiger partial charge in [-0.05, 0) is 81.9 Å². The molecule has 4 heteroatoms. The summed E-state index contributed by atoms with van der Waals surface area (Å²) < 4.78 is 13.3. The predicted molar refractivity (Wildman–Crippen MR) is 228 cm³/mol. The molecule has 8 aromatic carbocycles. The van der Waals surface area contributed by atoms with Crippen molar-refractivity contribution in [1.29, 1.82) is 0 Å². The second-order valence-corrected chi connectivity index (χ2v) is 14.9. The average Bonchev–Trinajstić information content (AvgIpc) is 3.79. The number of hydrogen-bond acceptors (Lipinski definition) is 4. The van der Waals surface area contributed by atoms with E-state index < -0.39 is 5.41 Å². The summed E-state index contributed by atoms with van der Waals surface area (Å²) in [4.78, 5) is 10.2. The molecule has 1 aliphatic carbocycles. The number of hydrogen-bond donors (Lipinski definition) is 0. The molecule has 0 radical (unpaired) electrons. The minimum atomic E-state index is -0.627. The van der Waals surface area contributed by atoms with Gasteiger partial charge in [0.15, 0.2) is 5.82 Å². The van der Waals surface area contributed by atoms with Crippen LogP contribution < -0.4 is 4.74 Å². The summed E-state index contributed by atoms with van der Waals surface area (Å²) in [5.74, 6) is 2.41. The topological polar surface area (TPSA) is 48.2 Å². The van der Waals surface area contributed by atoms with E-state index in [1.165, 1.54) is 22.3 Å². The van der Waals surface area contributed by atoms with Crippen molar-refractivity contribution in [1.82, 2.24) is 9.97 Å². The van der Waals surface area contributed by atoms with Crippen LogP contribution in [0.2, 0.25) is 0 Å². The van der Waals surface area contributed by atoms with Crippen molar-refractivity contribution in [3.8, 4) is 67.7 Å². The monoisotopic (exact) mass is 728 g/mol. The zero-order valence-electron chi connectivity index (χ0n) is 30.7. The van der Waals surface area contributed by atoms with Crippen molar-refractivity contribution in [2.75, 3.05) is 0 Å². The van der Waals surface area contributed by atoms with Gasteiger partial charge in [0.05, 0.1) is 16.8 Å². The molecule has 3 heterocycles. The Hall–Kier alpha value is -7.56. The highest BCUT2D eigenvalue weighted by Gasteiger charge is 2.51. The van der Waals surface area contributed by atoms with Crippen LogP contribution in [0.15, 0.2) is 199 Å². The Morgan fingerprint density at radius 2 is 1.00 bits per heavy atom. The van der Waals surface area contributed by atoms with Gasteiger partial charge in [0.25, 0.3) is 0 Å². The molecule has 1 atom stereocenters. The number of nitrogens with zero attached hydrogens (tertiary/aromatic N) is 2. The van der Waals surface area contributed by atoms with Gasteiger partial charge in [0, 0.05) is 38.6 Å². The van der Waals surface area contributed by atoms with Gasteiger partial charge in [0.2, 0.25) is 0 Å². The molecule has 2 aromatic heterocycles. The summed E-state index contributed by atoms with van der Waals surface area (Å²) in [5.41, 5.74) is 15.2. The molecular formula is C53H32N2O2. The highest BCUT2D eigenvalue weighted by atomic mass is 16.5. The van der Waals surface area contributed by atoms with E-state index in [0.29, 0.717) is 5.82 Å². The number of benzene rings is 8. The smallest absolute Gasteiger partial charge is 0.160 e. The van der Waals surface area contributed by atoms with Crippen molar-refractivity contribution in [3.05, 3.63) is 216 Å². The zero-order chi connectivity index (χ0) is 37.5. The van der Waals surface area contributed by atoms with E-state index in [-0.39, 0.29) is 0 Å². The largest absolute Gasteiger partial charge is 0.457 e. The Kier molecular flexibility index (Phi) is 6.81. The van der Waals surface area contributed by atoms with Crippen LogP contribution in [-0.4, -0.2) is 9.97 Å². The van der Waals surface area contributed by atoms with Crippen LogP contribution in [0.3, 0.4) is 0 Å². The Morgan fingerprint density at radius 1 is 0.351 bits per heavy atom. The highest BCUT2D eigenvalue weighted by Crippen LogP contribution is 2.63. The molecule has 0 bridgehead atoms. The van der Waals surface area contributed by atoms with E-state index in [4.69, 9.17) is 19.1 Å². The van der Waals surface area contributed by atoms with Crippen LogP contribution in [0.25, 0.3) is 78.1 Å². The molecule has 10 aromatic rings. The van der Waals surface area contributed by atoms with Crippen LogP contribution in [0.4, 0.5) is 0 Å². The number of ether oxygens (including phenoxy) is 1. The normalized spacial score (nSPS) is 14.9. The Morgan fingerprint density at radius 3 is 1.86 bits per heavy atom. The van der Waals surface area contributed by atoms with Crippen LogP contribution in [0.5, 0.6) is 11.5 Å². The Labute approximate surface area is 329 Å². The van der Waals surface area contributed by atoms with Crippen molar-refractivity contribution in [3.63, 3.8) is 0 Å². The quantitative estimate of drug-likeness (QED) is 0.181. The summed E-state index contributed by atoms with van der Waals surface area (Å²) in [6.45, 7) is 0. The molecule has 57 heavy (non-hydrogen) atoms. The minimum absolute atomic E-state index is 0.627. The molecule has 12 rings (SSSR count). The summed E-state index contributed by atoms with van der Waals surface area (Å²) in [7, 11) is 0. The molecule has 0 fully saturated rings. The van der Waals surface area contributed by atoms with E-state index in [9.17, 15) is 0 Å². The van der Waals surface area contributed by atoms with Crippen molar-refractivity contribution in [2.45, 2.75) is 5.41 Å². The third kappa shape index (κ3) is 4.74. The number of furan rings is 1. The predicted octanol–water partition coefficient (Wildman–Crippen LogP) is 13.5. The van der Waals surface area contributed by atoms with Gasteiger partial charge in [-0.3, -0.25) is 0 Å². The van der Waals surface area contributed by atoms with Crippen LogP contribution in [0.1, 0.15) is 22.3 Å². The maximum Gasteiger partial charge on any atom is 0.160 e. The molecule has 0 amide bonds. The Balaban J connectivity index is 1.07. The fourth-order valence-corrected chi connectivity index (χ4v) is 9.22. The van der Waals surface area contributed by atoms with E-state index in [1.807, 2.05) is 42.5 Å². The van der Waals surface area contributed by atoms with E-state index >= 15 is 0 Å². The molecule has 1 aliphatic heterocycles. The lowest BCUT2D eigenvalue weighted by atomic mass is 9.65. The lowest BCUT2D eigenvalue weighted by Gasteiger charge is -2.39. The van der Waals surface area contributed by atoms with Crippen molar-refractivity contribution < 1.29 is 9.15 Å². The molecule has 2 aliphatic rings. The summed E-state index contributed by atoms with van der Waals surface area (Å²) in [6.07, 6.45) is 0. The molecule has 4 nitrogen and oxygen atoms in total. The lowest BCUT2D eigenvalue weighted by molar-refractivity contribution is 0.436. The fraction of sp³-hybridized carbons (Fsp3) is 0.0189. The van der Waals surface area contributed by atoms with Gasteiger partial charge in [0.1, 0.15) is 22.7 Å². The van der Waals surface area contributed by atoms with Gasteiger partial charge in [-0.2, -0.15) is 0 Å². The molecule has 0 saturated heterocycles. The Bertz CT molecular complexity index is 3160. The van der Waals surface area contributed by atoms with E-state index in [1.54, 1.807) is 0 Å². The van der Waals surface area contributed by atoms with Crippen molar-refractivity contribution >= 4 is 21.9 Å². The molecule has 1 unspecified atom stereocenters. The SMILES string of the molecule is c1ccc(-c2cc(-c3cccc(-c4ccc5c(c4)C4(c6ccccc6O5)c5ccccc5-c5cc6oc7ccccc7c6cc54)c3)nc(-c3ccccc3)n2)cc1. The second kappa shape index (κ2) is 12.2. The first-order chi connectivity index (χ1) is 28.2. The maximum absolute atomic E-state index is 6.80. The first-order valence-corrected chi connectivity index (χ1v) is 19.3. The average molecular weight is 729 g/mol. The number of rotatable bonds is 4. The first-order valence-electron chi connectivity index (χ1n) is 19.3. The van der Waals surface area contributed by atoms with E-state index in [0.717, 1.165) is 83.8 Å². The minimum Gasteiger partial charge on any atom is -0.457 e. The van der Waals surface area contributed by atoms with Gasteiger partial charge >= 0.3 is 0 Å². The van der Waals surface area contributed by atoms with E-state index in [2.05, 4.69) is 152 Å². The van der Waals surface area contributed by atoms with Gasteiger partial charge in [-0.25, -0.2) is 9.97 Å². The maximum atomic E-state index is 6.80. The lowest BCUT2D eigenvalue weighted by Crippen LogP contribution is -2.32. The van der Waals surface area contributed by atoms with Gasteiger partial charge < -0.3 is 9.15 Å². The highest BCUT2D eigenvalue weighted by molar-refractivity contribution is 6.08. The van der Waals surface area contributed by atoms with Crippen molar-refractivity contribution in [2.24, 2.45) is 0 Å². The van der Waals surface area contributed by atoms with Crippen LogP contribution >= 0.6 is 0 Å². The van der Waals surface area contributed by atoms with Gasteiger partial charge in [-0.1, -0.05) is 146 Å². The molecule has 0 saturated carbocycles. The number of aromatic nitrogens is 2. The third-order valence-corrected chi connectivity index (χ3v) is 11.8. The standard InChI is InChI=1S/C53H32N2O2/c1-3-14-33(15-4-1)46-32-47(55-52(54-46)34-16-5-2-6-17-34)37-19-13-18-35(28-37)36-26-27-50-45(29-36)53(43-23-10-12-25-49(43)57-50)42-22-9-7-20-38(42)40-31-51-41(30-44(40)53)39-21-8-11-24-48(39)56-51/h1-32H. The molecule has 0 N–H and O–H groups in total.